The molecule has 14 aromatic carbocycles. The first-order chi connectivity index (χ1) is 53.8. The van der Waals surface area contributed by atoms with Crippen LogP contribution in [0.2, 0.25) is 0 Å². The molecule has 0 aliphatic carbocycles. The van der Waals surface area contributed by atoms with E-state index in [1.54, 1.807) is 22.7 Å². The summed E-state index contributed by atoms with van der Waals surface area (Å²) in [6.07, 6.45) is 0. The second kappa shape index (κ2) is 22.4. The minimum absolute atomic E-state index is 0.0697. The van der Waals surface area contributed by atoms with Crippen molar-refractivity contribution >= 4 is 112 Å². The highest BCUT2D eigenvalue weighted by molar-refractivity contribution is 7.27. The molecule has 0 N–H and O–H groups in total. The lowest BCUT2D eigenvalue weighted by Gasteiger charge is -2.25. The van der Waals surface area contributed by atoms with Crippen molar-refractivity contribution in [2.45, 2.75) is 0 Å². The summed E-state index contributed by atoms with van der Waals surface area (Å²) < 4.78 is 148. The van der Waals surface area contributed by atoms with Crippen molar-refractivity contribution < 1.29 is 20.6 Å². The molecular formula is C88H52N6S2. The lowest BCUT2D eigenvalue weighted by Crippen LogP contribution is -2.09. The predicted molar refractivity (Wildman–Crippen MR) is 404 cm³/mol. The van der Waals surface area contributed by atoms with Gasteiger partial charge in [0, 0.05) is 84.1 Å². The summed E-state index contributed by atoms with van der Waals surface area (Å²) in [7, 11) is 0. The molecule has 19 rings (SSSR count). The summed E-state index contributed by atoms with van der Waals surface area (Å²) in [6.45, 7) is 9.86. The molecule has 446 valence electrons. The Bertz CT molecular complexity index is 7170. The van der Waals surface area contributed by atoms with Gasteiger partial charge in [-0.25, -0.2) is 19.8 Å². The number of hydrogen-bond donors (Lipinski definition) is 0. The smallest absolute Gasteiger partial charge is 0.213 e. The van der Waals surface area contributed by atoms with E-state index in [4.69, 9.17) is 18.2 Å². The van der Waals surface area contributed by atoms with Gasteiger partial charge in [-0.05, 0) is 117 Å². The first-order valence-corrected chi connectivity index (χ1v) is 32.6. The van der Waals surface area contributed by atoms with E-state index >= 15 is 0 Å². The number of rotatable bonds is 10. The standard InChI is InChI=1S/C88H52N6S2/c1-89-72-53-71(88-91-86(59-33-19-7-20-34-59)90-87(92-88)60-35-21-8-22-36-60)79(58-31-17-6-18-32-58)83(94-74-44-38-62(55-25-11-3-12-26-55)52-70(74)81-76(94)46-42-66-68-50-64(57-29-15-5-16-30-57)40-48-78(68)96-85(66)81)82(72)93-73-43-37-61(54-23-9-2-10-24-54)51-69(73)80-75(93)45-41-65-67-49-63(56-27-13-4-14-28-56)39-47-77(67)95-84(65)80/h2-53H/i6D,7D,8D,17D,18D,19D,20D,21D,22D,31D,32D,33D,34D,35D,36D. The molecule has 6 nitrogen and oxygen atoms in total. The third-order valence-electron chi connectivity index (χ3n) is 18.1. The fourth-order valence-corrected chi connectivity index (χ4v) is 16.3. The van der Waals surface area contributed by atoms with Crippen LogP contribution in [0.3, 0.4) is 0 Å². The zero-order valence-electron chi connectivity index (χ0n) is 65.4. The number of thiophene rings is 2. The van der Waals surface area contributed by atoms with Crippen LogP contribution in [0.4, 0.5) is 5.69 Å². The van der Waals surface area contributed by atoms with Crippen LogP contribution in [0.5, 0.6) is 0 Å². The molecule has 0 atom stereocenters. The lowest BCUT2D eigenvalue weighted by molar-refractivity contribution is 1.07. The number of hydrogen-bond acceptors (Lipinski definition) is 5. The average Bonchev–Trinajstić information content (AvgIpc) is 1.56. The van der Waals surface area contributed by atoms with Crippen molar-refractivity contribution in [2.75, 3.05) is 0 Å². The van der Waals surface area contributed by atoms with E-state index < -0.39 is 125 Å². The summed E-state index contributed by atoms with van der Waals surface area (Å²) in [6, 6.07) is 63.6. The third kappa shape index (κ3) is 8.94. The van der Waals surface area contributed by atoms with Gasteiger partial charge in [0.2, 0.25) is 5.69 Å². The largest absolute Gasteiger partial charge is 0.317 e. The van der Waals surface area contributed by atoms with E-state index in [1.165, 1.54) is 6.07 Å². The molecule has 96 heavy (non-hydrogen) atoms. The summed E-state index contributed by atoms with van der Waals surface area (Å²) in [5.74, 6) is -1.78. The van der Waals surface area contributed by atoms with Gasteiger partial charge in [-0.2, -0.15) is 0 Å². The topological polar surface area (TPSA) is 52.9 Å². The second-order valence-corrected chi connectivity index (χ2v) is 25.4. The fraction of sp³-hybridized carbons (Fsp3) is 0. The molecule has 0 bridgehead atoms. The van der Waals surface area contributed by atoms with Crippen molar-refractivity contribution in [3.05, 3.63) is 327 Å². The molecule has 0 unspecified atom stereocenters. The third-order valence-corrected chi connectivity index (χ3v) is 20.5. The number of fused-ring (bicyclic) bond motifs is 14. The Morgan fingerprint density at radius 1 is 0.312 bits per heavy atom. The van der Waals surface area contributed by atoms with Gasteiger partial charge in [0.25, 0.3) is 0 Å². The highest BCUT2D eigenvalue weighted by Crippen LogP contribution is 2.54. The normalized spacial score (nSPS) is 13.9. The second-order valence-electron chi connectivity index (χ2n) is 23.3. The average molecular weight is 1270 g/mol. The molecule has 0 spiro atoms. The zero-order valence-corrected chi connectivity index (χ0v) is 52.0. The van der Waals surface area contributed by atoms with Gasteiger partial charge >= 0.3 is 0 Å². The Kier molecular flexibility index (Phi) is 9.81. The highest BCUT2D eigenvalue weighted by atomic mass is 32.1. The molecule has 0 saturated carbocycles. The van der Waals surface area contributed by atoms with Crippen molar-refractivity contribution in [3.63, 3.8) is 0 Å². The maximum atomic E-state index is 10.4. The first kappa shape index (κ1) is 42.0. The van der Waals surface area contributed by atoms with Gasteiger partial charge in [0.1, 0.15) is 0 Å². The summed E-state index contributed by atoms with van der Waals surface area (Å²) in [4.78, 5) is 19.2. The van der Waals surface area contributed by atoms with Gasteiger partial charge in [-0.1, -0.05) is 248 Å². The SMILES string of the molecule is [2H]c1c([2H])c([2H])c(-c2nc(-c3cc([N+]#[C-])c(-n4c5ccc(-c6ccccc6)cc5c5c6sc7ccc(-c8ccccc8)cc7c6ccc54)c(-n4c5ccc(-c6ccccc6)cc5c5c6sc7ccc(-c8ccccc8)cc7c6ccc54)c3-c3c([2H])c([2H])c([2H])c([2H])c3[2H])nc(-c3c([2H])c([2H])c([2H])c([2H])c3[2H])n2)c([2H])c1[2H]. The number of nitrogens with zero attached hydrogens (tertiary/aromatic N) is 6. The minimum Gasteiger partial charge on any atom is -0.317 e. The monoisotopic (exact) mass is 1270 g/mol. The van der Waals surface area contributed by atoms with Crippen LogP contribution in [0, 0.1) is 6.57 Å². The summed E-state index contributed by atoms with van der Waals surface area (Å²) >= 11 is 3.22. The van der Waals surface area contributed by atoms with Crippen LogP contribution < -0.4 is 0 Å². The quantitative estimate of drug-likeness (QED) is 0.128. The molecule has 5 aromatic heterocycles. The van der Waals surface area contributed by atoms with Gasteiger partial charge in [-0.3, -0.25) is 0 Å². The minimum atomic E-state index is -0.780. The Hall–Kier alpha value is -12.4. The van der Waals surface area contributed by atoms with E-state index in [-0.39, 0.29) is 28.2 Å². The van der Waals surface area contributed by atoms with Crippen LogP contribution >= 0.6 is 22.7 Å². The highest BCUT2D eigenvalue weighted by Gasteiger charge is 2.32. The predicted octanol–water partition coefficient (Wildman–Crippen LogP) is 24.7. The lowest BCUT2D eigenvalue weighted by atomic mass is 9.93. The van der Waals surface area contributed by atoms with Crippen molar-refractivity contribution in [3.8, 4) is 101 Å². The maximum Gasteiger partial charge on any atom is 0.213 e. The molecule has 19 aromatic rings. The van der Waals surface area contributed by atoms with E-state index in [0.717, 1.165) is 106 Å². The van der Waals surface area contributed by atoms with Crippen LogP contribution in [0.1, 0.15) is 20.6 Å². The Labute approximate surface area is 581 Å². The van der Waals surface area contributed by atoms with Gasteiger partial charge in [-0.15, -0.1) is 22.7 Å². The van der Waals surface area contributed by atoms with Crippen molar-refractivity contribution in [1.82, 2.24) is 24.1 Å². The van der Waals surface area contributed by atoms with E-state index in [2.05, 4.69) is 94.8 Å². The van der Waals surface area contributed by atoms with Crippen molar-refractivity contribution in [2.24, 2.45) is 0 Å². The molecule has 0 aliphatic rings. The number of benzene rings is 14. The Balaban J connectivity index is 1.05. The number of aromatic nitrogens is 5. The molecule has 0 saturated heterocycles. The van der Waals surface area contributed by atoms with E-state index in [0.29, 0.717) is 22.1 Å². The van der Waals surface area contributed by atoms with Crippen LogP contribution in [0.25, 0.3) is 190 Å². The molecule has 5 heterocycles. The van der Waals surface area contributed by atoms with Gasteiger partial charge in [0.05, 0.1) is 60.6 Å². The Morgan fingerprint density at radius 3 is 1.09 bits per heavy atom. The van der Waals surface area contributed by atoms with Gasteiger partial charge in [0.15, 0.2) is 17.5 Å². The van der Waals surface area contributed by atoms with E-state index in [1.807, 2.05) is 143 Å². The molecular weight excluding hydrogens is 1210 g/mol. The Morgan fingerprint density at radius 2 is 0.677 bits per heavy atom. The molecule has 8 heteroatoms. The fourth-order valence-electron chi connectivity index (χ4n) is 13.8. The first-order valence-electron chi connectivity index (χ1n) is 38.4. The molecule has 0 amide bonds. The van der Waals surface area contributed by atoms with Crippen LogP contribution in [-0.4, -0.2) is 24.1 Å². The summed E-state index contributed by atoms with van der Waals surface area (Å²) in [5.41, 5.74) is 8.11. The molecule has 0 radical (unpaired) electrons. The summed E-state index contributed by atoms with van der Waals surface area (Å²) in [5, 5.41) is 6.98. The van der Waals surface area contributed by atoms with Crippen molar-refractivity contribution in [1.29, 1.82) is 0 Å². The molecule has 0 fully saturated rings. The van der Waals surface area contributed by atoms with E-state index in [9.17, 15) is 18.9 Å². The zero-order chi connectivity index (χ0) is 76.4. The van der Waals surface area contributed by atoms with Crippen LogP contribution in [0.15, 0.2) is 315 Å². The van der Waals surface area contributed by atoms with Gasteiger partial charge < -0.3 is 9.13 Å². The molecule has 0 aliphatic heterocycles. The van der Waals surface area contributed by atoms with Crippen LogP contribution in [-0.2, 0) is 0 Å². The maximum absolute atomic E-state index is 10.4.